The standard InChI is InChI=1S/C17H18N2O4/c1-18(2)14-5-4-10-19(3)15(11-14)23-17(22)13-8-6-12(7-9-13)16(20)21/h4-11H,1-3H3,(H,20,21). The molecule has 0 aliphatic carbocycles. The molecule has 0 aromatic heterocycles. The van der Waals surface area contributed by atoms with Crippen LogP contribution in [-0.2, 0) is 4.74 Å². The van der Waals surface area contributed by atoms with Crippen molar-refractivity contribution in [3.8, 4) is 0 Å². The number of hydrogen-bond donors (Lipinski definition) is 1. The Bertz CT molecular complexity index is 700. The van der Waals surface area contributed by atoms with E-state index in [2.05, 4.69) is 0 Å². The molecule has 1 aliphatic rings. The lowest BCUT2D eigenvalue weighted by Gasteiger charge is -2.19. The summed E-state index contributed by atoms with van der Waals surface area (Å²) in [5.74, 6) is -1.21. The van der Waals surface area contributed by atoms with Crippen molar-refractivity contribution in [3.05, 3.63) is 71.4 Å². The van der Waals surface area contributed by atoms with Gasteiger partial charge in [-0.15, -0.1) is 0 Å². The maximum Gasteiger partial charge on any atom is 0.344 e. The molecule has 120 valence electrons. The van der Waals surface area contributed by atoms with Crippen molar-refractivity contribution in [2.75, 3.05) is 21.1 Å². The van der Waals surface area contributed by atoms with Gasteiger partial charge < -0.3 is 19.6 Å². The SMILES string of the molecule is CN(C)C1=CC=CN(C)C(OC(=O)c2ccc(C(=O)O)cc2)=C1. The summed E-state index contributed by atoms with van der Waals surface area (Å²) < 4.78 is 5.43. The number of carboxylic acid groups (broad SMARTS) is 1. The van der Waals surface area contributed by atoms with Crippen molar-refractivity contribution >= 4 is 11.9 Å². The smallest absolute Gasteiger partial charge is 0.344 e. The Balaban J connectivity index is 2.19. The van der Waals surface area contributed by atoms with E-state index in [1.165, 1.54) is 24.3 Å². The first kappa shape index (κ1) is 16.4. The van der Waals surface area contributed by atoms with Crippen LogP contribution < -0.4 is 0 Å². The predicted molar refractivity (Wildman–Crippen MR) is 85.6 cm³/mol. The first-order valence-corrected chi connectivity index (χ1v) is 6.94. The number of carboxylic acids is 1. The first-order chi connectivity index (χ1) is 10.9. The van der Waals surface area contributed by atoms with Gasteiger partial charge in [-0.25, -0.2) is 9.59 Å². The minimum atomic E-state index is -1.04. The number of aromatic carboxylic acids is 1. The third-order valence-electron chi connectivity index (χ3n) is 3.28. The zero-order valence-electron chi connectivity index (χ0n) is 13.2. The highest BCUT2D eigenvalue weighted by atomic mass is 16.5. The lowest BCUT2D eigenvalue weighted by atomic mass is 10.1. The molecule has 0 fully saturated rings. The van der Waals surface area contributed by atoms with E-state index in [4.69, 9.17) is 9.84 Å². The molecule has 0 radical (unpaired) electrons. The van der Waals surface area contributed by atoms with Crippen molar-refractivity contribution in [1.82, 2.24) is 9.80 Å². The van der Waals surface area contributed by atoms with Crippen LogP contribution in [0.25, 0.3) is 0 Å². The fourth-order valence-electron chi connectivity index (χ4n) is 1.90. The van der Waals surface area contributed by atoms with Crippen LogP contribution in [0.15, 0.2) is 60.3 Å². The summed E-state index contributed by atoms with van der Waals surface area (Å²) in [6.07, 6.45) is 7.29. The molecule has 6 nitrogen and oxygen atoms in total. The number of ether oxygens (including phenoxy) is 1. The summed E-state index contributed by atoms with van der Waals surface area (Å²) in [4.78, 5) is 26.7. The second-order valence-electron chi connectivity index (χ2n) is 5.19. The zero-order valence-corrected chi connectivity index (χ0v) is 13.2. The van der Waals surface area contributed by atoms with Gasteiger partial charge in [-0.05, 0) is 36.4 Å². The third-order valence-corrected chi connectivity index (χ3v) is 3.28. The molecule has 23 heavy (non-hydrogen) atoms. The van der Waals surface area contributed by atoms with E-state index < -0.39 is 11.9 Å². The molecule has 0 spiro atoms. The second-order valence-corrected chi connectivity index (χ2v) is 5.19. The summed E-state index contributed by atoms with van der Waals surface area (Å²) in [5, 5.41) is 8.87. The quantitative estimate of drug-likeness (QED) is 0.860. The normalized spacial score (nSPS) is 13.8. The van der Waals surface area contributed by atoms with E-state index in [1.54, 1.807) is 24.2 Å². The van der Waals surface area contributed by atoms with Gasteiger partial charge in [0.25, 0.3) is 0 Å². The fourth-order valence-corrected chi connectivity index (χ4v) is 1.90. The molecule has 0 unspecified atom stereocenters. The molecular weight excluding hydrogens is 296 g/mol. The molecule has 1 N–H and O–H groups in total. The molecule has 1 aliphatic heterocycles. The third kappa shape index (κ3) is 4.00. The number of carbonyl (C=O) groups is 2. The molecule has 6 heteroatoms. The van der Waals surface area contributed by atoms with Gasteiger partial charge in [0.1, 0.15) is 0 Å². The Morgan fingerprint density at radius 1 is 1.13 bits per heavy atom. The number of likely N-dealkylation sites (N-methyl/N-ethyl adjacent to an activating group) is 1. The lowest BCUT2D eigenvalue weighted by Crippen LogP contribution is -2.18. The summed E-state index contributed by atoms with van der Waals surface area (Å²) in [7, 11) is 5.56. The van der Waals surface area contributed by atoms with Gasteiger partial charge in [0.15, 0.2) is 0 Å². The van der Waals surface area contributed by atoms with Crippen LogP contribution in [0.3, 0.4) is 0 Å². The van der Waals surface area contributed by atoms with Gasteiger partial charge in [-0.2, -0.15) is 0 Å². The van der Waals surface area contributed by atoms with Gasteiger partial charge in [0.2, 0.25) is 5.88 Å². The first-order valence-electron chi connectivity index (χ1n) is 6.94. The molecule has 0 bridgehead atoms. The van der Waals surface area contributed by atoms with E-state index in [1.807, 2.05) is 31.1 Å². The minimum Gasteiger partial charge on any atom is -0.478 e. The van der Waals surface area contributed by atoms with Crippen LogP contribution in [0.2, 0.25) is 0 Å². The molecule has 0 saturated heterocycles. The van der Waals surface area contributed by atoms with E-state index in [0.717, 1.165) is 5.70 Å². The van der Waals surface area contributed by atoms with Crippen LogP contribution >= 0.6 is 0 Å². The van der Waals surface area contributed by atoms with Crippen molar-refractivity contribution in [2.45, 2.75) is 0 Å². The number of rotatable bonds is 4. The largest absolute Gasteiger partial charge is 0.478 e. The molecular formula is C17H18N2O4. The number of allylic oxidation sites excluding steroid dienone is 3. The topological polar surface area (TPSA) is 70.1 Å². The van der Waals surface area contributed by atoms with Gasteiger partial charge in [0, 0.05) is 39.1 Å². The molecule has 0 saturated carbocycles. The fraction of sp³-hybridized carbons (Fsp3) is 0.176. The summed E-state index contributed by atoms with van der Waals surface area (Å²) >= 11 is 0. The van der Waals surface area contributed by atoms with Crippen LogP contribution in [0, 0.1) is 0 Å². The number of esters is 1. The lowest BCUT2D eigenvalue weighted by molar-refractivity contribution is 0.0549. The van der Waals surface area contributed by atoms with Crippen LogP contribution in [0.5, 0.6) is 0 Å². The maximum absolute atomic E-state index is 12.2. The average molecular weight is 314 g/mol. The predicted octanol–water partition coefficient (Wildman–Crippen LogP) is 2.29. The van der Waals surface area contributed by atoms with Crippen LogP contribution in [0.1, 0.15) is 20.7 Å². The monoisotopic (exact) mass is 314 g/mol. The maximum atomic E-state index is 12.2. The van der Waals surface area contributed by atoms with Gasteiger partial charge in [0.05, 0.1) is 11.1 Å². The number of benzene rings is 1. The number of hydrogen-bond acceptors (Lipinski definition) is 5. The van der Waals surface area contributed by atoms with Crippen LogP contribution in [-0.4, -0.2) is 48.0 Å². The Morgan fingerprint density at radius 2 is 1.74 bits per heavy atom. The molecule has 1 aromatic carbocycles. The van der Waals surface area contributed by atoms with Gasteiger partial charge >= 0.3 is 11.9 Å². The molecule has 0 amide bonds. The Hall–Kier alpha value is -3.02. The Kier molecular flexibility index (Phi) is 4.85. The zero-order chi connectivity index (χ0) is 17.0. The highest BCUT2D eigenvalue weighted by Gasteiger charge is 2.15. The van der Waals surface area contributed by atoms with Crippen molar-refractivity contribution in [1.29, 1.82) is 0 Å². The van der Waals surface area contributed by atoms with Crippen molar-refractivity contribution < 1.29 is 19.4 Å². The van der Waals surface area contributed by atoms with E-state index in [9.17, 15) is 9.59 Å². The molecule has 2 rings (SSSR count). The Morgan fingerprint density at radius 3 is 2.30 bits per heavy atom. The summed E-state index contributed by atoms with van der Waals surface area (Å²) in [6.45, 7) is 0. The van der Waals surface area contributed by atoms with E-state index in [0.29, 0.717) is 5.88 Å². The average Bonchev–Trinajstić information content (AvgIpc) is 2.70. The highest BCUT2D eigenvalue weighted by molar-refractivity contribution is 5.93. The van der Waals surface area contributed by atoms with Crippen LogP contribution in [0.4, 0.5) is 0 Å². The molecule has 1 heterocycles. The number of carbonyl (C=O) groups excluding carboxylic acids is 1. The van der Waals surface area contributed by atoms with Gasteiger partial charge in [-0.1, -0.05) is 0 Å². The summed E-state index contributed by atoms with van der Waals surface area (Å²) in [5.41, 5.74) is 1.29. The molecule has 1 aromatic rings. The minimum absolute atomic E-state index is 0.119. The second kappa shape index (κ2) is 6.83. The van der Waals surface area contributed by atoms with Gasteiger partial charge in [-0.3, -0.25) is 0 Å². The van der Waals surface area contributed by atoms with Crippen molar-refractivity contribution in [2.24, 2.45) is 0 Å². The molecule has 0 atom stereocenters. The highest BCUT2D eigenvalue weighted by Crippen LogP contribution is 2.17. The Labute approximate surface area is 134 Å². The van der Waals surface area contributed by atoms with Crippen molar-refractivity contribution in [3.63, 3.8) is 0 Å². The van der Waals surface area contributed by atoms with E-state index >= 15 is 0 Å². The summed E-state index contributed by atoms with van der Waals surface area (Å²) in [6, 6.07) is 5.60. The number of nitrogens with zero attached hydrogens (tertiary/aromatic N) is 2. The van der Waals surface area contributed by atoms with E-state index in [-0.39, 0.29) is 11.1 Å².